The smallest absolute Gasteiger partial charge is 0.0541 e. The van der Waals surface area contributed by atoms with Crippen LogP contribution in [-0.2, 0) is 5.41 Å². The van der Waals surface area contributed by atoms with E-state index in [1.165, 1.54) is 98.9 Å². The fourth-order valence-electron chi connectivity index (χ4n) is 11.4. The molecule has 8 aromatic rings. The lowest BCUT2D eigenvalue weighted by Gasteiger charge is -2.43. The van der Waals surface area contributed by atoms with E-state index in [1.807, 2.05) is 0 Å². The van der Waals surface area contributed by atoms with Crippen molar-refractivity contribution in [2.75, 3.05) is 4.90 Å². The van der Waals surface area contributed by atoms with Crippen LogP contribution in [0.5, 0.6) is 0 Å². The largest absolute Gasteiger partial charge is 0.310 e. The first-order chi connectivity index (χ1) is 27.1. The Labute approximate surface area is 324 Å². The Bertz CT molecular complexity index is 2630. The normalized spacial score (nSPS) is 22.7. The van der Waals surface area contributed by atoms with Gasteiger partial charge in [-0.1, -0.05) is 128 Å². The lowest BCUT2D eigenvalue weighted by Crippen LogP contribution is -2.34. The number of benzene rings is 7. The number of aromatic nitrogens is 1. The number of hydrogen-bond acceptors (Lipinski definition) is 1. The fourth-order valence-corrected chi connectivity index (χ4v) is 11.4. The van der Waals surface area contributed by atoms with Gasteiger partial charge in [0, 0.05) is 33.5 Å². The summed E-state index contributed by atoms with van der Waals surface area (Å²) in [4.78, 5) is 2.56. The molecular formula is C53H46N2. The third kappa shape index (κ3) is 5.37. The molecule has 2 heteroatoms. The van der Waals surface area contributed by atoms with Crippen molar-refractivity contribution in [3.63, 3.8) is 0 Å². The highest BCUT2D eigenvalue weighted by Crippen LogP contribution is 2.66. The molecule has 3 aliphatic rings. The molecule has 2 unspecified atom stereocenters. The topological polar surface area (TPSA) is 8.17 Å². The molecule has 268 valence electrons. The molecular weight excluding hydrogens is 665 g/mol. The first-order valence-corrected chi connectivity index (χ1v) is 20.4. The van der Waals surface area contributed by atoms with Gasteiger partial charge < -0.3 is 9.47 Å². The first-order valence-electron chi connectivity index (χ1n) is 20.4. The van der Waals surface area contributed by atoms with Gasteiger partial charge in [-0.05, 0) is 144 Å². The summed E-state index contributed by atoms with van der Waals surface area (Å²) in [6, 6.07) is 65.3. The third-order valence-corrected chi connectivity index (χ3v) is 13.6. The van der Waals surface area contributed by atoms with E-state index >= 15 is 0 Å². The Morgan fingerprint density at radius 1 is 0.491 bits per heavy atom. The molecule has 0 spiro atoms. The molecule has 1 heterocycles. The first kappa shape index (κ1) is 32.6. The van der Waals surface area contributed by atoms with Crippen molar-refractivity contribution in [2.45, 2.75) is 44.4 Å². The second-order valence-electron chi connectivity index (χ2n) is 16.9. The monoisotopic (exact) mass is 710 g/mol. The quantitative estimate of drug-likeness (QED) is 0.160. The summed E-state index contributed by atoms with van der Waals surface area (Å²) in [6.45, 7) is 2.52. The molecule has 2 nitrogen and oxygen atoms in total. The van der Waals surface area contributed by atoms with Crippen molar-refractivity contribution in [1.29, 1.82) is 0 Å². The maximum Gasteiger partial charge on any atom is 0.0541 e. The Balaban J connectivity index is 1.02. The van der Waals surface area contributed by atoms with E-state index in [-0.39, 0.29) is 5.41 Å². The zero-order valence-electron chi connectivity index (χ0n) is 31.5. The molecule has 55 heavy (non-hydrogen) atoms. The predicted molar refractivity (Wildman–Crippen MR) is 231 cm³/mol. The van der Waals surface area contributed by atoms with Crippen LogP contribution in [0.4, 0.5) is 17.1 Å². The highest BCUT2D eigenvalue weighted by atomic mass is 15.1. The van der Waals surface area contributed by atoms with E-state index in [4.69, 9.17) is 0 Å². The zero-order valence-corrected chi connectivity index (χ0v) is 31.5. The Morgan fingerprint density at radius 2 is 1.13 bits per heavy atom. The molecule has 3 saturated carbocycles. The van der Waals surface area contributed by atoms with Crippen molar-refractivity contribution >= 4 is 38.9 Å². The third-order valence-electron chi connectivity index (χ3n) is 13.6. The van der Waals surface area contributed by atoms with Gasteiger partial charge in [0.05, 0.1) is 11.0 Å². The standard InChI is InChI=1S/C53H46N2/c1-36-29-41-30-42-34-53(33-36,35-48(41)42)49-21-7-10-24-52(49)54(44-17-11-15-39(31-44)37-13-3-2-4-14-37)43-27-25-38(26-28-43)40-16-12-18-45(32-40)55-50-22-8-5-19-46(50)47-20-6-9-23-51(47)55/h2-28,31-32,36,41-42,48H,29-30,33-35H2,1H3/t36-,41+,42-,48?,53?/m0/s1. The predicted octanol–water partition coefficient (Wildman–Crippen LogP) is 14.3. The molecule has 7 aromatic carbocycles. The van der Waals surface area contributed by atoms with Crippen molar-refractivity contribution in [2.24, 2.45) is 23.7 Å². The summed E-state index contributed by atoms with van der Waals surface area (Å²) in [5, 5.41) is 2.57. The van der Waals surface area contributed by atoms with Crippen LogP contribution < -0.4 is 4.90 Å². The van der Waals surface area contributed by atoms with Crippen LogP contribution in [0.2, 0.25) is 0 Å². The number of nitrogens with zero attached hydrogens (tertiary/aromatic N) is 2. The summed E-state index contributed by atoms with van der Waals surface area (Å²) >= 11 is 0. The van der Waals surface area contributed by atoms with Gasteiger partial charge in [-0.2, -0.15) is 0 Å². The summed E-state index contributed by atoms with van der Waals surface area (Å²) in [6.07, 6.45) is 6.85. The summed E-state index contributed by atoms with van der Waals surface area (Å²) in [7, 11) is 0. The van der Waals surface area contributed by atoms with Crippen LogP contribution in [0.1, 0.15) is 44.6 Å². The van der Waals surface area contributed by atoms with E-state index < -0.39 is 0 Å². The van der Waals surface area contributed by atoms with Crippen molar-refractivity contribution in [1.82, 2.24) is 4.57 Å². The number of anilines is 3. The van der Waals surface area contributed by atoms with E-state index in [0.29, 0.717) is 0 Å². The SMILES string of the molecule is C[C@H]1C[C@@H]2C[C@H]3CC(c4ccccc4N(c4ccc(-c5cccc(-n6c7ccccc7c7ccccc76)c5)cc4)c4cccc(-c5ccccc5)c4)(CC23)C1. The van der Waals surface area contributed by atoms with Gasteiger partial charge in [-0.25, -0.2) is 0 Å². The van der Waals surface area contributed by atoms with Gasteiger partial charge in [0.2, 0.25) is 0 Å². The molecule has 0 N–H and O–H groups in total. The maximum atomic E-state index is 2.56. The van der Waals surface area contributed by atoms with E-state index in [9.17, 15) is 0 Å². The Morgan fingerprint density at radius 3 is 1.91 bits per heavy atom. The second-order valence-corrected chi connectivity index (χ2v) is 16.9. The Kier molecular flexibility index (Phi) is 7.62. The zero-order chi connectivity index (χ0) is 36.5. The van der Waals surface area contributed by atoms with Crippen LogP contribution >= 0.6 is 0 Å². The van der Waals surface area contributed by atoms with Gasteiger partial charge in [-0.15, -0.1) is 0 Å². The molecule has 0 aliphatic heterocycles. The van der Waals surface area contributed by atoms with Gasteiger partial charge >= 0.3 is 0 Å². The van der Waals surface area contributed by atoms with Crippen LogP contribution in [0, 0.1) is 23.7 Å². The molecule has 11 rings (SSSR count). The lowest BCUT2D eigenvalue weighted by atomic mass is 9.62. The van der Waals surface area contributed by atoms with Crippen LogP contribution in [0.3, 0.4) is 0 Å². The van der Waals surface area contributed by atoms with Crippen molar-refractivity contribution < 1.29 is 0 Å². The molecule has 1 aromatic heterocycles. The van der Waals surface area contributed by atoms with E-state index in [2.05, 4.69) is 192 Å². The lowest BCUT2D eigenvalue weighted by molar-refractivity contribution is 0.0780. The average molecular weight is 711 g/mol. The maximum absolute atomic E-state index is 2.56. The van der Waals surface area contributed by atoms with Gasteiger partial charge in [0.1, 0.15) is 0 Å². The van der Waals surface area contributed by atoms with Crippen LogP contribution in [-0.4, -0.2) is 4.57 Å². The highest BCUT2D eigenvalue weighted by molar-refractivity contribution is 6.09. The molecule has 0 saturated heterocycles. The molecule has 3 fully saturated rings. The minimum Gasteiger partial charge on any atom is -0.310 e. The van der Waals surface area contributed by atoms with Gasteiger partial charge in [-0.3, -0.25) is 0 Å². The van der Waals surface area contributed by atoms with E-state index in [0.717, 1.165) is 23.7 Å². The molecule has 3 aliphatic carbocycles. The summed E-state index contributed by atoms with van der Waals surface area (Å²) in [5.74, 6) is 3.51. The average Bonchev–Trinajstić information content (AvgIpc) is 3.69. The number of rotatable bonds is 7. The number of para-hydroxylation sites is 3. The number of hydrogen-bond donors (Lipinski definition) is 0. The Hall–Kier alpha value is -5.86. The van der Waals surface area contributed by atoms with Crippen LogP contribution in [0.25, 0.3) is 49.7 Å². The highest BCUT2D eigenvalue weighted by Gasteiger charge is 2.57. The van der Waals surface area contributed by atoms with Crippen molar-refractivity contribution in [3.05, 3.63) is 181 Å². The molecule has 5 atom stereocenters. The molecule has 0 amide bonds. The minimum atomic E-state index is 0.235. The molecule has 0 radical (unpaired) electrons. The van der Waals surface area contributed by atoms with Crippen molar-refractivity contribution in [3.8, 4) is 27.9 Å². The summed E-state index contributed by atoms with van der Waals surface area (Å²) in [5.41, 5.74) is 14.1. The fraction of sp³-hybridized carbons (Fsp3) is 0.208. The van der Waals surface area contributed by atoms with Gasteiger partial charge in [0.15, 0.2) is 0 Å². The second kappa shape index (κ2) is 12.9. The molecule has 2 bridgehead atoms. The van der Waals surface area contributed by atoms with E-state index in [1.54, 1.807) is 5.56 Å². The summed E-state index contributed by atoms with van der Waals surface area (Å²) < 4.78 is 2.41. The minimum absolute atomic E-state index is 0.235. The van der Waals surface area contributed by atoms with Crippen LogP contribution in [0.15, 0.2) is 176 Å². The van der Waals surface area contributed by atoms with Gasteiger partial charge in [0.25, 0.3) is 0 Å². The number of fused-ring (bicyclic) bond motifs is 4.